The molecule has 0 saturated carbocycles. The molecular weight excluding hydrogens is 1060 g/mol. The Hall–Kier alpha value is -8.24. The molecule has 1 aliphatic heterocycles. The Morgan fingerprint density at radius 1 is 0.790 bits per heavy atom. The predicted octanol–water partition coefficient (Wildman–Crippen LogP) is -1.38. The molecule has 81 heavy (non-hydrogen) atoms. The van der Waals surface area contributed by atoms with Gasteiger partial charge in [-0.25, -0.2) is 9.59 Å². The van der Waals surface area contributed by atoms with E-state index in [2.05, 4.69) is 54.1 Å². The van der Waals surface area contributed by atoms with Crippen LogP contribution in [0.1, 0.15) is 86.1 Å². The number of carboxylic acids is 4. The molecule has 0 unspecified atom stereocenters. The van der Waals surface area contributed by atoms with E-state index < -0.39 is 144 Å². The molecule has 1 heterocycles. The van der Waals surface area contributed by atoms with Gasteiger partial charge in [-0.2, -0.15) is 0 Å². The molecule has 0 aliphatic carbocycles. The van der Waals surface area contributed by atoms with Crippen molar-refractivity contribution in [1.82, 2.24) is 47.4 Å². The van der Waals surface area contributed by atoms with Crippen LogP contribution in [0.5, 0.6) is 0 Å². The monoisotopic (exact) mass is 1140 g/mol. The Kier molecular flexibility index (Phi) is 28.4. The first kappa shape index (κ1) is 68.9. The summed E-state index contributed by atoms with van der Waals surface area (Å²) in [6.07, 6.45) is -0.657. The Balaban J connectivity index is 2.90. The van der Waals surface area contributed by atoms with Crippen molar-refractivity contribution in [2.75, 3.05) is 20.7 Å². The predicted molar refractivity (Wildman–Crippen MR) is 293 cm³/mol. The van der Waals surface area contributed by atoms with Crippen LogP contribution >= 0.6 is 0 Å². The summed E-state index contributed by atoms with van der Waals surface area (Å²) in [6.45, 7) is 14.0. The number of rotatable bonds is 21. The summed E-state index contributed by atoms with van der Waals surface area (Å²) in [5, 5.41) is 60.0. The molecule has 0 aromatic heterocycles. The van der Waals surface area contributed by atoms with Crippen molar-refractivity contribution in [3.63, 3.8) is 0 Å². The van der Waals surface area contributed by atoms with Gasteiger partial charge in [0.2, 0.25) is 23.6 Å². The summed E-state index contributed by atoms with van der Waals surface area (Å²) >= 11 is 0. The molecule has 0 bridgehead atoms. The number of nitrogens with zero attached hydrogens (tertiary/aromatic N) is 2. The average molecular weight is 1140 g/mol. The Labute approximate surface area is 469 Å². The number of aliphatic carboxylic acids is 4. The lowest BCUT2D eigenvalue weighted by atomic mass is 9.94. The first-order valence-electron chi connectivity index (χ1n) is 26.1. The Morgan fingerprint density at radius 2 is 1.36 bits per heavy atom. The van der Waals surface area contributed by atoms with Gasteiger partial charge in [0.15, 0.2) is 18.3 Å². The van der Waals surface area contributed by atoms with E-state index in [1.165, 1.54) is 13.0 Å². The first-order valence-corrected chi connectivity index (χ1v) is 26.1. The van der Waals surface area contributed by atoms with E-state index in [0.29, 0.717) is 12.0 Å². The third-order valence-corrected chi connectivity index (χ3v) is 13.1. The number of ether oxygens (including phenoxy) is 1. The number of guanidine groups is 1. The maximum absolute atomic E-state index is 14.7. The highest BCUT2D eigenvalue weighted by Crippen LogP contribution is 2.19. The van der Waals surface area contributed by atoms with Crippen LogP contribution in [0.25, 0.3) is 0 Å². The van der Waals surface area contributed by atoms with Gasteiger partial charge in [-0.05, 0) is 57.4 Å². The molecule has 12 atom stereocenters. The molecule has 0 radical (unpaired) electrons. The minimum Gasteiger partial charge on any atom is -0.480 e. The number of allylic oxidation sites excluding steroid dienone is 2. The van der Waals surface area contributed by atoms with Crippen LogP contribution in [-0.4, -0.2) is 172 Å². The van der Waals surface area contributed by atoms with E-state index >= 15 is 0 Å². The minimum atomic E-state index is -2.22. The van der Waals surface area contributed by atoms with Gasteiger partial charge in [-0.15, -0.1) is 0 Å². The number of carbonyl (C=O) groups is 11. The molecule has 28 nitrogen and oxygen atoms in total. The molecule has 16 N–H and O–H groups in total. The normalized spacial score (nSPS) is 24.4. The number of carboxylic acid groups (broad SMARTS) is 4. The molecule has 28 heteroatoms. The maximum atomic E-state index is 14.7. The number of nitrogens with one attached hydrogen (secondary N) is 8. The SMILES string of the molecule is C=C1C(=O)N[C@H](C)C(=O)N[C@@H](N[C@@H](CC(C)C)C(=O)O)C(=O)N[C@@H](C(=O)O)[C@H](C)C(=O)N[C@@H](N[C@H](CCCN=C(N)N)C(=O)O)C(=O)N[C@@H](C=CC(C)=C[C@H](C)[C@H](Cc2ccccc2)OC)[C@H](C)C(=O)N[C@@H](C(=O)O)CCC(=O)N1C. The van der Waals surface area contributed by atoms with Crippen molar-refractivity contribution in [3.8, 4) is 0 Å². The molecule has 448 valence electrons. The fourth-order valence-corrected chi connectivity index (χ4v) is 8.15. The molecule has 1 saturated heterocycles. The molecular formula is C53H80N12O16. The lowest BCUT2D eigenvalue weighted by Gasteiger charge is -2.30. The number of hydrogen-bond donors (Lipinski definition) is 14. The van der Waals surface area contributed by atoms with E-state index in [0.717, 1.165) is 31.4 Å². The number of methoxy groups -OCH3 is 1. The van der Waals surface area contributed by atoms with Gasteiger partial charge in [0.1, 0.15) is 35.9 Å². The highest BCUT2D eigenvalue weighted by molar-refractivity contribution is 6.00. The van der Waals surface area contributed by atoms with Gasteiger partial charge >= 0.3 is 23.9 Å². The van der Waals surface area contributed by atoms with Crippen LogP contribution in [0.3, 0.4) is 0 Å². The van der Waals surface area contributed by atoms with Gasteiger partial charge < -0.3 is 73.4 Å². The van der Waals surface area contributed by atoms with Crippen LogP contribution < -0.4 is 54.0 Å². The highest BCUT2D eigenvalue weighted by atomic mass is 16.5. The lowest BCUT2D eigenvalue weighted by Crippen LogP contribution is -2.65. The molecule has 1 aliphatic rings. The number of aliphatic imine (C=N–C) groups is 1. The maximum Gasteiger partial charge on any atom is 0.327 e. The van der Waals surface area contributed by atoms with Gasteiger partial charge in [-0.3, -0.25) is 58.8 Å². The van der Waals surface area contributed by atoms with Crippen LogP contribution in [-0.2, 0) is 63.9 Å². The largest absolute Gasteiger partial charge is 0.480 e. The smallest absolute Gasteiger partial charge is 0.327 e. The third kappa shape index (κ3) is 23.2. The van der Waals surface area contributed by atoms with Crippen molar-refractivity contribution < 1.29 is 77.9 Å². The second-order valence-electron chi connectivity index (χ2n) is 20.1. The second-order valence-corrected chi connectivity index (χ2v) is 20.1. The highest BCUT2D eigenvalue weighted by Gasteiger charge is 2.39. The number of amides is 7. The van der Waals surface area contributed by atoms with Crippen molar-refractivity contribution in [2.45, 2.75) is 142 Å². The summed E-state index contributed by atoms with van der Waals surface area (Å²) < 4.78 is 5.80. The van der Waals surface area contributed by atoms with Gasteiger partial charge in [0.25, 0.3) is 17.7 Å². The van der Waals surface area contributed by atoms with E-state index in [1.807, 2.05) is 43.3 Å². The van der Waals surface area contributed by atoms with Crippen molar-refractivity contribution >= 4 is 71.2 Å². The molecule has 1 aromatic rings. The van der Waals surface area contributed by atoms with Crippen LogP contribution in [0.2, 0.25) is 0 Å². The quantitative estimate of drug-likeness (QED) is 0.0222. The molecule has 7 amide bonds. The van der Waals surface area contributed by atoms with E-state index in [9.17, 15) is 73.2 Å². The zero-order valence-electron chi connectivity index (χ0n) is 47.0. The number of carbonyl (C=O) groups excluding carboxylic acids is 7. The van der Waals surface area contributed by atoms with Gasteiger partial charge in [0, 0.05) is 33.0 Å². The lowest BCUT2D eigenvalue weighted by molar-refractivity contribution is -0.147. The van der Waals surface area contributed by atoms with Crippen LogP contribution in [0.15, 0.2) is 71.4 Å². The zero-order chi connectivity index (χ0) is 61.4. The number of hydrogen-bond acceptors (Lipinski definition) is 15. The number of nitrogens with two attached hydrogens (primary N) is 2. The fraction of sp³-hybridized carbons (Fsp3) is 0.547. The molecule has 1 aromatic carbocycles. The van der Waals surface area contributed by atoms with Crippen molar-refractivity contribution in [3.05, 3.63) is 72.0 Å². The van der Waals surface area contributed by atoms with Crippen LogP contribution in [0.4, 0.5) is 0 Å². The van der Waals surface area contributed by atoms with Gasteiger partial charge in [0.05, 0.1) is 24.0 Å². The van der Waals surface area contributed by atoms with Crippen molar-refractivity contribution in [1.29, 1.82) is 0 Å². The summed E-state index contributed by atoms with van der Waals surface area (Å²) in [5.74, 6) is -18.5. The zero-order valence-corrected chi connectivity index (χ0v) is 47.0. The van der Waals surface area contributed by atoms with E-state index in [4.69, 9.17) is 16.2 Å². The third-order valence-electron chi connectivity index (χ3n) is 13.1. The molecule has 1 fully saturated rings. The summed E-state index contributed by atoms with van der Waals surface area (Å²) in [5.41, 5.74) is 11.9. The minimum absolute atomic E-state index is 0.00767. The molecule has 0 spiro atoms. The van der Waals surface area contributed by atoms with Crippen molar-refractivity contribution in [2.24, 2.45) is 40.1 Å². The summed E-state index contributed by atoms with van der Waals surface area (Å²) in [4.78, 5) is 153. The Bertz CT molecular complexity index is 2520. The molecule has 2 rings (SSSR count). The summed E-state index contributed by atoms with van der Waals surface area (Å²) in [7, 11) is 2.69. The topological polar surface area (TPSA) is 442 Å². The fourth-order valence-electron chi connectivity index (χ4n) is 8.15. The summed E-state index contributed by atoms with van der Waals surface area (Å²) in [6, 6.07) is -0.613. The first-order chi connectivity index (χ1) is 37.9. The second kappa shape index (κ2) is 33.4. The van der Waals surface area contributed by atoms with E-state index in [1.54, 1.807) is 34.0 Å². The standard InChI is InChI=1S/C53H80N12O16/c1-26(2)23-37(51(77)78)59-42-48(72)62-40(52(79)80)30(6)44(68)63-41(58-35(49(73)74)17-14-22-56-53(54)55)47(71)60-34(19-18-27(3)24-28(4)38(81-10)25-33-15-12-11-13-16-33)29(5)43(67)61-36(50(75)76)20-21-39(66)65(9)32(8)46(70)57-31(7)45(69)64-42/h11-13,15-16,18-19,24,26,28-31,34-38,40-42,58-59H,8,14,17,20-23,25H2,1-7,9-10H3,(H,57,70)(H,60,71)(H,61,67)(H,62,72)(H,63,68)(H,64,69)(H,73,74)(H,75,76)(H,77,78)(H,79,80)(H4,54,55,56)/t28-,29-,30-,31+,34-,35+,36+,37-,38-,40+,41+,42+/m0/s1. The van der Waals surface area contributed by atoms with Gasteiger partial charge in [-0.1, -0.05) is 95.3 Å². The Morgan fingerprint density at radius 3 is 1.90 bits per heavy atom. The average Bonchev–Trinajstić information content (AvgIpc) is 3.40. The van der Waals surface area contributed by atoms with E-state index in [-0.39, 0.29) is 49.7 Å². The van der Waals surface area contributed by atoms with Crippen LogP contribution in [0, 0.1) is 23.7 Å². The number of benzene rings is 1. The number of likely N-dealkylation sites (N-methyl/N-ethyl adjacent to an activating group) is 1.